The first kappa shape index (κ1) is 18.2. The highest BCUT2D eigenvalue weighted by Gasteiger charge is 2.24. The lowest BCUT2D eigenvalue weighted by Gasteiger charge is -2.22. The van der Waals surface area contributed by atoms with Crippen molar-refractivity contribution in [2.75, 3.05) is 12.0 Å². The van der Waals surface area contributed by atoms with E-state index in [1.54, 1.807) is 25.6 Å². The van der Waals surface area contributed by atoms with Crippen molar-refractivity contribution in [1.29, 1.82) is 0 Å². The first-order valence-electron chi connectivity index (χ1n) is 6.30. The van der Waals surface area contributed by atoms with Gasteiger partial charge in [-0.1, -0.05) is 13.8 Å². The first-order chi connectivity index (χ1) is 8.79. The standard InChI is InChI=1S/C12H25N3O3S/c1-7(2)11(12(14)18)15-10(17)6-9(16)8(13)4-5-19-3/h7-9,11,16H,4-6,13H2,1-3H3,(H2,14,18)(H,15,17)/t8-,9-,11-/m0/s1. The van der Waals surface area contributed by atoms with Crippen LogP contribution < -0.4 is 16.8 Å². The molecular weight excluding hydrogens is 266 g/mol. The lowest BCUT2D eigenvalue weighted by Crippen LogP contribution is -2.49. The number of primary amides is 1. The molecule has 7 heteroatoms. The Bertz CT molecular complexity index is 300. The monoisotopic (exact) mass is 291 g/mol. The van der Waals surface area contributed by atoms with E-state index in [9.17, 15) is 14.7 Å². The van der Waals surface area contributed by atoms with Gasteiger partial charge in [0, 0.05) is 6.04 Å². The predicted octanol–water partition coefficient (Wildman–Crippen LogP) is -0.556. The minimum Gasteiger partial charge on any atom is -0.391 e. The van der Waals surface area contributed by atoms with Crippen LogP contribution in [0.4, 0.5) is 0 Å². The van der Waals surface area contributed by atoms with Crippen molar-refractivity contribution in [2.45, 2.75) is 44.9 Å². The maximum atomic E-state index is 11.7. The molecule has 0 fully saturated rings. The number of aliphatic hydroxyl groups excluding tert-OH is 1. The molecule has 0 heterocycles. The summed E-state index contributed by atoms with van der Waals surface area (Å²) in [5.74, 6) is -0.256. The molecule has 0 aliphatic rings. The molecular formula is C12H25N3O3S. The maximum absolute atomic E-state index is 11.7. The van der Waals surface area contributed by atoms with E-state index in [0.29, 0.717) is 6.42 Å². The molecule has 6 N–H and O–H groups in total. The number of rotatable bonds is 9. The summed E-state index contributed by atoms with van der Waals surface area (Å²) in [6.45, 7) is 3.58. The van der Waals surface area contributed by atoms with Gasteiger partial charge in [-0.3, -0.25) is 9.59 Å². The van der Waals surface area contributed by atoms with E-state index >= 15 is 0 Å². The fraction of sp³-hybridized carbons (Fsp3) is 0.833. The van der Waals surface area contributed by atoms with Crippen LogP contribution in [0.25, 0.3) is 0 Å². The highest BCUT2D eigenvalue weighted by atomic mass is 32.2. The van der Waals surface area contributed by atoms with Gasteiger partial charge in [-0.05, 0) is 24.3 Å². The lowest BCUT2D eigenvalue weighted by molar-refractivity contribution is -0.129. The second-order valence-electron chi connectivity index (χ2n) is 4.91. The third-order valence-electron chi connectivity index (χ3n) is 2.83. The number of carbonyl (C=O) groups is 2. The Labute approximate surface area is 118 Å². The topological polar surface area (TPSA) is 118 Å². The fourth-order valence-electron chi connectivity index (χ4n) is 1.59. The van der Waals surface area contributed by atoms with Crippen molar-refractivity contribution in [3.05, 3.63) is 0 Å². The average molecular weight is 291 g/mol. The molecule has 0 aliphatic heterocycles. The highest BCUT2D eigenvalue weighted by molar-refractivity contribution is 7.98. The summed E-state index contributed by atoms with van der Waals surface area (Å²) in [5.41, 5.74) is 11.0. The van der Waals surface area contributed by atoms with Crippen molar-refractivity contribution >= 4 is 23.6 Å². The van der Waals surface area contributed by atoms with E-state index in [1.807, 2.05) is 6.26 Å². The maximum Gasteiger partial charge on any atom is 0.240 e. The Morgan fingerprint density at radius 1 is 1.37 bits per heavy atom. The Kier molecular flexibility index (Phi) is 8.79. The van der Waals surface area contributed by atoms with Crippen LogP contribution in [-0.2, 0) is 9.59 Å². The van der Waals surface area contributed by atoms with E-state index in [-0.39, 0.29) is 12.3 Å². The van der Waals surface area contributed by atoms with E-state index in [4.69, 9.17) is 11.5 Å². The molecule has 19 heavy (non-hydrogen) atoms. The molecule has 6 nitrogen and oxygen atoms in total. The molecule has 3 atom stereocenters. The molecule has 0 aromatic carbocycles. The number of nitrogens with one attached hydrogen (secondary N) is 1. The Balaban J connectivity index is 4.25. The number of hydrogen-bond donors (Lipinski definition) is 4. The van der Waals surface area contributed by atoms with Crippen LogP contribution in [0.15, 0.2) is 0 Å². The van der Waals surface area contributed by atoms with Gasteiger partial charge in [0.1, 0.15) is 6.04 Å². The van der Waals surface area contributed by atoms with Gasteiger partial charge in [-0.25, -0.2) is 0 Å². The molecule has 112 valence electrons. The molecule has 0 spiro atoms. The SMILES string of the molecule is CSCC[C@H](N)[C@@H](O)CC(=O)N[C@H](C(N)=O)C(C)C. The molecule has 0 aromatic heterocycles. The van der Waals surface area contributed by atoms with Gasteiger partial charge in [0.2, 0.25) is 11.8 Å². The lowest BCUT2D eigenvalue weighted by atomic mass is 10.0. The number of amides is 2. The van der Waals surface area contributed by atoms with Gasteiger partial charge in [-0.2, -0.15) is 11.8 Å². The van der Waals surface area contributed by atoms with Crippen LogP contribution in [0.5, 0.6) is 0 Å². The minimum absolute atomic E-state index is 0.0937. The number of thioether (sulfide) groups is 1. The summed E-state index contributed by atoms with van der Waals surface area (Å²) < 4.78 is 0. The van der Waals surface area contributed by atoms with Crippen LogP contribution in [0.1, 0.15) is 26.7 Å². The van der Waals surface area contributed by atoms with Gasteiger partial charge >= 0.3 is 0 Å². The molecule has 0 bridgehead atoms. The van der Waals surface area contributed by atoms with Gasteiger partial charge in [0.05, 0.1) is 12.5 Å². The summed E-state index contributed by atoms with van der Waals surface area (Å²) >= 11 is 1.63. The Hall–Kier alpha value is -0.790. The smallest absolute Gasteiger partial charge is 0.240 e. The van der Waals surface area contributed by atoms with Crippen LogP contribution >= 0.6 is 11.8 Å². The fourth-order valence-corrected chi connectivity index (χ4v) is 2.09. The van der Waals surface area contributed by atoms with Crippen LogP contribution in [0.3, 0.4) is 0 Å². The summed E-state index contributed by atoms with van der Waals surface area (Å²) in [5, 5.41) is 12.3. The molecule has 0 radical (unpaired) electrons. The first-order valence-corrected chi connectivity index (χ1v) is 7.70. The second kappa shape index (κ2) is 9.17. The zero-order valence-corrected chi connectivity index (χ0v) is 12.6. The van der Waals surface area contributed by atoms with Crippen molar-refractivity contribution in [3.8, 4) is 0 Å². The normalized spacial score (nSPS) is 15.9. The molecule has 0 rings (SSSR count). The van der Waals surface area contributed by atoms with Crippen LogP contribution in [0.2, 0.25) is 0 Å². The van der Waals surface area contributed by atoms with Crippen LogP contribution in [-0.4, -0.2) is 47.1 Å². The third kappa shape index (κ3) is 7.39. The van der Waals surface area contributed by atoms with Gasteiger partial charge in [0.25, 0.3) is 0 Å². The Morgan fingerprint density at radius 2 is 1.95 bits per heavy atom. The van der Waals surface area contributed by atoms with Gasteiger partial charge in [-0.15, -0.1) is 0 Å². The quantitative estimate of drug-likeness (QED) is 0.454. The molecule has 0 saturated carbocycles. The summed E-state index contributed by atoms with van der Waals surface area (Å²) in [4.78, 5) is 22.9. The molecule has 0 unspecified atom stereocenters. The molecule has 0 aliphatic carbocycles. The zero-order valence-electron chi connectivity index (χ0n) is 11.8. The van der Waals surface area contributed by atoms with Crippen molar-refractivity contribution in [2.24, 2.45) is 17.4 Å². The minimum atomic E-state index is -0.909. The number of hydrogen-bond acceptors (Lipinski definition) is 5. The predicted molar refractivity (Wildman–Crippen MR) is 77.6 cm³/mol. The summed E-state index contributed by atoms with van der Waals surface area (Å²) in [6, 6.07) is -1.16. The van der Waals surface area contributed by atoms with E-state index < -0.39 is 30.0 Å². The van der Waals surface area contributed by atoms with E-state index in [2.05, 4.69) is 5.32 Å². The summed E-state index contributed by atoms with van der Waals surface area (Å²) in [6.07, 6.45) is 1.56. The van der Waals surface area contributed by atoms with Crippen molar-refractivity contribution in [3.63, 3.8) is 0 Å². The largest absolute Gasteiger partial charge is 0.391 e. The third-order valence-corrected chi connectivity index (χ3v) is 3.48. The second-order valence-corrected chi connectivity index (χ2v) is 5.89. The van der Waals surface area contributed by atoms with E-state index in [0.717, 1.165) is 5.75 Å². The molecule has 0 saturated heterocycles. The number of nitrogens with two attached hydrogens (primary N) is 2. The van der Waals surface area contributed by atoms with Crippen LogP contribution in [0, 0.1) is 5.92 Å². The summed E-state index contributed by atoms with van der Waals surface area (Å²) in [7, 11) is 0. The van der Waals surface area contributed by atoms with Gasteiger partial charge < -0.3 is 21.9 Å². The highest BCUT2D eigenvalue weighted by Crippen LogP contribution is 2.07. The van der Waals surface area contributed by atoms with Gasteiger partial charge in [0.15, 0.2) is 0 Å². The van der Waals surface area contributed by atoms with Crippen molar-refractivity contribution < 1.29 is 14.7 Å². The zero-order chi connectivity index (χ0) is 15.0. The molecule has 0 aromatic rings. The number of carbonyl (C=O) groups excluding carboxylic acids is 2. The molecule has 2 amide bonds. The van der Waals surface area contributed by atoms with Crippen molar-refractivity contribution in [1.82, 2.24) is 5.32 Å². The Morgan fingerprint density at radius 3 is 2.37 bits per heavy atom. The number of aliphatic hydroxyl groups is 1. The van der Waals surface area contributed by atoms with E-state index in [1.165, 1.54) is 0 Å². The average Bonchev–Trinajstić information content (AvgIpc) is 2.31.